The fourth-order valence-corrected chi connectivity index (χ4v) is 3.24. The molecule has 2 aromatic heterocycles. The third kappa shape index (κ3) is 3.64. The van der Waals surface area contributed by atoms with Crippen molar-refractivity contribution in [3.05, 3.63) is 59.0 Å². The van der Waals surface area contributed by atoms with Gasteiger partial charge in [-0.05, 0) is 32.4 Å². The second-order valence-electron chi connectivity index (χ2n) is 6.83. The summed E-state index contributed by atoms with van der Waals surface area (Å²) in [5, 5.41) is 22.2. The van der Waals surface area contributed by atoms with Crippen LogP contribution in [0.15, 0.2) is 36.4 Å². The van der Waals surface area contributed by atoms with E-state index in [-0.39, 0.29) is 5.91 Å². The zero-order valence-corrected chi connectivity index (χ0v) is 16.3. The number of carbonyl (C=O) groups is 1. The van der Waals surface area contributed by atoms with E-state index in [2.05, 4.69) is 15.5 Å². The minimum absolute atomic E-state index is 0.280. The summed E-state index contributed by atoms with van der Waals surface area (Å²) < 4.78 is 3.36. The van der Waals surface area contributed by atoms with Gasteiger partial charge in [-0.15, -0.1) is 0 Å². The molecule has 7 nitrogen and oxygen atoms in total. The normalized spacial score (nSPS) is 13.4. The van der Waals surface area contributed by atoms with E-state index < -0.39 is 12.1 Å². The summed E-state index contributed by atoms with van der Waals surface area (Å²) in [5.41, 5.74) is 4.70. The van der Waals surface area contributed by atoms with E-state index in [1.165, 1.54) is 0 Å². The third-order valence-corrected chi connectivity index (χ3v) is 4.85. The van der Waals surface area contributed by atoms with Gasteiger partial charge in [-0.2, -0.15) is 10.2 Å². The average molecular weight is 367 g/mol. The summed E-state index contributed by atoms with van der Waals surface area (Å²) in [6.07, 6.45) is -0.786. The molecule has 0 fully saturated rings. The number of nitrogens with zero attached hydrogens (tertiary/aromatic N) is 4. The Morgan fingerprint density at radius 1 is 1.11 bits per heavy atom. The number of aliphatic hydroxyl groups excluding tert-OH is 1. The maximum atomic E-state index is 12.7. The molecular weight excluding hydrogens is 342 g/mol. The van der Waals surface area contributed by atoms with Crippen LogP contribution in [0, 0.1) is 13.8 Å². The summed E-state index contributed by atoms with van der Waals surface area (Å²) in [4.78, 5) is 12.7. The molecule has 0 aliphatic rings. The Labute approximate surface area is 158 Å². The molecule has 0 unspecified atom stereocenters. The second-order valence-corrected chi connectivity index (χ2v) is 6.83. The predicted molar refractivity (Wildman–Crippen MR) is 103 cm³/mol. The molecule has 7 heteroatoms. The lowest BCUT2D eigenvalue weighted by molar-refractivity contribution is 0.0843. The van der Waals surface area contributed by atoms with Gasteiger partial charge in [-0.25, -0.2) is 0 Å². The minimum Gasteiger partial charge on any atom is -0.386 e. The van der Waals surface area contributed by atoms with Crippen molar-refractivity contribution in [3.8, 4) is 11.3 Å². The fourth-order valence-electron chi connectivity index (χ4n) is 3.24. The van der Waals surface area contributed by atoms with Crippen LogP contribution in [0.3, 0.4) is 0 Å². The lowest BCUT2D eigenvalue weighted by atomic mass is 10.0. The highest BCUT2D eigenvalue weighted by Gasteiger charge is 2.23. The van der Waals surface area contributed by atoms with E-state index in [0.29, 0.717) is 11.4 Å². The fraction of sp³-hybridized carbons (Fsp3) is 0.350. The van der Waals surface area contributed by atoms with Crippen LogP contribution in [-0.4, -0.2) is 36.6 Å². The molecule has 0 saturated heterocycles. The van der Waals surface area contributed by atoms with Crippen molar-refractivity contribution in [1.29, 1.82) is 0 Å². The monoisotopic (exact) mass is 367 g/mol. The first kappa shape index (κ1) is 18.8. The van der Waals surface area contributed by atoms with Gasteiger partial charge in [0.15, 0.2) is 0 Å². The Balaban J connectivity index is 1.81. The van der Waals surface area contributed by atoms with Crippen molar-refractivity contribution >= 4 is 5.91 Å². The van der Waals surface area contributed by atoms with Crippen LogP contribution in [0.1, 0.15) is 40.5 Å². The van der Waals surface area contributed by atoms with Gasteiger partial charge in [-0.3, -0.25) is 14.2 Å². The standard InChI is InChI=1S/C20H25N5O2/c1-12-18(14(3)24(4)22-12)16-11-17(25(5)23-16)20(27)21-13(2)19(26)15-9-7-6-8-10-15/h6-11,13,19,26H,1-5H3,(H,21,27)/t13-,19-/m0/s1. The highest BCUT2D eigenvalue weighted by Crippen LogP contribution is 2.26. The molecule has 142 valence electrons. The van der Waals surface area contributed by atoms with Gasteiger partial charge < -0.3 is 10.4 Å². The maximum Gasteiger partial charge on any atom is 0.269 e. The Bertz CT molecular complexity index is 958. The molecule has 1 aromatic carbocycles. The lowest BCUT2D eigenvalue weighted by Gasteiger charge is -2.20. The summed E-state index contributed by atoms with van der Waals surface area (Å²) in [7, 11) is 3.62. The molecular formula is C20H25N5O2. The first-order valence-corrected chi connectivity index (χ1v) is 8.88. The molecule has 3 aromatic rings. The lowest BCUT2D eigenvalue weighted by Crippen LogP contribution is -2.37. The number of carbonyl (C=O) groups excluding carboxylic acids is 1. The quantitative estimate of drug-likeness (QED) is 0.725. The van der Waals surface area contributed by atoms with Crippen molar-refractivity contribution in [3.63, 3.8) is 0 Å². The summed E-state index contributed by atoms with van der Waals surface area (Å²) in [6.45, 7) is 5.68. The molecule has 0 aliphatic carbocycles. The van der Waals surface area contributed by atoms with Gasteiger partial charge in [0, 0.05) is 25.4 Å². The molecule has 0 saturated carbocycles. The largest absolute Gasteiger partial charge is 0.386 e. The molecule has 2 atom stereocenters. The van der Waals surface area contributed by atoms with E-state index in [1.54, 1.807) is 29.4 Å². The van der Waals surface area contributed by atoms with Gasteiger partial charge in [0.25, 0.3) is 5.91 Å². The van der Waals surface area contributed by atoms with Gasteiger partial charge >= 0.3 is 0 Å². The smallest absolute Gasteiger partial charge is 0.269 e. The van der Waals surface area contributed by atoms with Crippen LogP contribution in [0.2, 0.25) is 0 Å². The summed E-state index contributed by atoms with van der Waals surface area (Å²) >= 11 is 0. The summed E-state index contributed by atoms with van der Waals surface area (Å²) in [5.74, 6) is -0.280. The average Bonchev–Trinajstić information content (AvgIpc) is 3.14. The van der Waals surface area contributed by atoms with Crippen LogP contribution in [-0.2, 0) is 14.1 Å². The number of nitrogens with one attached hydrogen (secondary N) is 1. The number of aryl methyl sites for hydroxylation is 3. The first-order chi connectivity index (χ1) is 12.8. The topological polar surface area (TPSA) is 85.0 Å². The molecule has 3 rings (SSSR count). The van der Waals surface area contributed by atoms with Crippen molar-refractivity contribution in [2.24, 2.45) is 14.1 Å². The number of amides is 1. The number of aromatic nitrogens is 4. The number of hydrogen-bond donors (Lipinski definition) is 2. The van der Waals surface area contributed by atoms with Gasteiger partial charge in [0.2, 0.25) is 0 Å². The van der Waals surface area contributed by atoms with E-state index in [0.717, 1.165) is 22.5 Å². The van der Waals surface area contributed by atoms with Crippen LogP contribution >= 0.6 is 0 Å². The Morgan fingerprint density at radius 2 is 1.78 bits per heavy atom. The number of hydrogen-bond acceptors (Lipinski definition) is 4. The molecule has 0 aliphatic heterocycles. The van der Waals surface area contributed by atoms with E-state index >= 15 is 0 Å². The van der Waals surface area contributed by atoms with Crippen molar-refractivity contribution in [2.75, 3.05) is 0 Å². The SMILES string of the molecule is Cc1nn(C)c(C)c1-c1cc(C(=O)N[C@@H](C)[C@H](O)c2ccccc2)n(C)n1. The van der Waals surface area contributed by atoms with Crippen molar-refractivity contribution in [2.45, 2.75) is 32.9 Å². The highest BCUT2D eigenvalue weighted by molar-refractivity contribution is 5.94. The zero-order valence-electron chi connectivity index (χ0n) is 16.3. The second kappa shape index (κ2) is 7.36. The van der Waals surface area contributed by atoms with E-state index in [1.807, 2.05) is 51.2 Å². The summed E-state index contributed by atoms with van der Waals surface area (Å²) in [6, 6.07) is 10.6. The van der Waals surface area contributed by atoms with Crippen LogP contribution in [0.25, 0.3) is 11.3 Å². The number of benzene rings is 1. The maximum absolute atomic E-state index is 12.7. The van der Waals surface area contributed by atoms with E-state index in [9.17, 15) is 9.90 Å². The van der Waals surface area contributed by atoms with Gasteiger partial charge in [-0.1, -0.05) is 30.3 Å². The minimum atomic E-state index is -0.786. The predicted octanol–water partition coefficient (Wildman–Crippen LogP) is 2.29. The Kier molecular flexibility index (Phi) is 5.14. The third-order valence-electron chi connectivity index (χ3n) is 4.85. The molecule has 2 N–H and O–H groups in total. The first-order valence-electron chi connectivity index (χ1n) is 8.88. The molecule has 1 amide bonds. The highest BCUT2D eigenvalue weighted by atomic mass is 16.3. The molecule has 0 spiro atoms. The Morgan fingerprint density at radius 3 is 2.37 bits per heavy atom. The molecule has 27 heavy (non-hydrogen) atoms. The van der Waals surface area contributed by atoms with Crippen LogP contribution in [0.5, 0.6) is 0 Å². The molecule has 0 bridgehead atoms. The Hall–Kier alpha value is -2.93. The van der Waals surface area contributed by atoms with Crippen molar-refractivity contribution < 1.29 is 9.90 Å². The van der Waals surface area contributed by atoms with Crippen LogP contribution in [0.4, 0.5) is 0 Å². The van der Waals surface area contributed by atoms with E-state index in [4.69, 9.17) is 0 Å². The number of aliphatic hydroxyl groups is 1. The van der Waals surface area contributed by atoms with Crippen molar-refractivity contribution in [1.82, 2.24) is 24.9 Å². The number of rotatable bonds is 5. The molecule has 2 heterocycles. The van der Waals surface area contributed by atoms with Gasteiger partial charge in [0.1, 0.15) is 5.69 Å². The van der Waals surface area contributed by atoms with Gasteiger partial charge in [0.05, 0.1) is 23.5 Å². The van der Waals surface area contributed by atoms with Crippen LogP contribution < -0.4 is 5.32 Å². The molecule has 0 radical (unpaired) electrons. The zero-order chi connectivity index (χ0) is 19.7.